The molecule has 5 nitrogen and oxygen atoms in total. The predicted octanol–water partition coefficient (Wildman–Crippen LogP) is 2.34. The molecule has 0 bridgehead atoms. The van der Waals surface area contributed by atoms with Gasteiger partial charge in [-0.25, -0.2) is 0 Å². The number of halogens is 1. The second kappa shape index (κ2) is 5.05. The highest BCUT2D eigenvalue weighted by Crippen LogP contribution is 2.27. The number of fused-ring (bicyclic) bond motifs is 1. The number of nitrogens with two attached hydrogens (primary N) is 1. The summed E-state index contributed by atoms with van der Waals surface area (Å²) in [5.74, 6) is -0.459. The standard InChI is InChI=1S/C14H11BrN4O/c15-13-12-10(14(16)20)2-1-3-11(12)19(18-13)8-9-4-6-17-7-5-9/h1-7H,8H2,(H2,16,20). The number of pyridine rings is 1. The van der Waals surface area contributed by atoms with Gasteiger partial charge in [-0.1, -0.05) is 6.07 Å². The Kier molecular flexibility index (Phi) is 3.23. The fourth-order valence-corrected chi connectivity index (χ4v) is 2.78. The van der Waals surface area contributed by atoms with Crippen LogP contribution in [-0.2, 0) is 6.54 Å². The Bertz CT molecular complexity index is 782. The van der Waals surface area contributed by atoms with E-state index in [2.05, 4.69) is 26.0 Å². The van der Waals surface area contributed by atoms with Crippen molar-refractivity contribution in [1.82, 2.24) is 14.8 Å². The van der Waals surface area contributed by atoms with Gasteiger partial charge in [0.25, 0.3) is 0 Å². The normalized spacial score (nSPS) is 10.8. The van der Waals surface area contributed by atoms with Gasteiger partial charge in [-0.05, 0) is 45.8 Å². The minimum atomic E-state index is -0.459. The molecule has 0 saturated carbocycles. The molecule has 20 heavy (non-hydrogen) atoms. The van der Waals surface area contributed by atoms with Gasteiger partial charge in [0.2, 0.25) is 5.91 Å². The first-order chi connectivity index (χ1) is 9.66. The fourth-order valence-electron chi connectivity index (χ4n) is 2.17. The molecule has 0 aliphatic rings. The maximum atomic E-state index is 11.5. The SMILES string of the molecule is NC(=O)c1cccc2c1c(Br)nn2Cc1ccncc1. The summed E-state index contributed by atoms with van der Waals surface area (Å²) in [4.78, 5) is 15.5. The molecular weight excluding hydrogens is 320 g/mol. The van der Waals surface area contributed by atoms with E-state index in [-0.39, 0.29) is 0 Å². The molecule has 3 rings (SSSR count). The number of rotatable bonds is 3. The lowest BCUT2D eigenvalue weighted by molar-refractivity contribution is 0.100. The summed E-state index contributed by atoms with van der Waals surface area (Å²) in [5, 5.41) is 5.18. The molecule has 0 aliphatic heterocycles. The lowest BCUT2D eigenvalue weighted by Crippen LogP contribution is -2.11. The van der Waals surface area contributed by atoms with Crippen LogP contribution in [0.3, 0.4) is 0 Å². The maximum Gasteiger partial charge on any atom is 0.249 e. The number of primary amides is 1. The van der Waals surface area contributed by atoms with Crippen molar-refractivity contribution < 1.29 is 4.79 Å². The third kappa shape index (κ3) is 2.18. The number of carbonyl (C=O) groups is 1. The van der Waals surface area contributed by atoms with Crippen molar-refractivity contribution in [3.8, 4) is 0 Å². The van der Waals surface area contributed by atoms with Gasteiger partial charge in [0.15, 0.2) is 0 Å². The van der Waals surface area contributed by atoms with Crippen LogP contribution in [0.5, 0.6) is 0 Å². The minimum Gasteiger partial charge on any atom is -0.366 e. The van der Waals surface area contributed by atoms with E-state index in [1.54, 1.807) is 24.5 Å². The fraction of sp³-hybridized carbons (Fsp3) is 0.0714. The Morgan fingerprint density at radius 3 is 2.70 bits per heavy atom. The van der Waals surface area contributed by atoms with E-state index >= 15 is 0 Å². The highest BCUT2D eigenvalue weighted by molar-refractivity contribution is 9.10. The van der Waals surface area contributed by atoms with Crippen LogP contribution in [0.25, 0.3) is 10.9 Å². The lowest BCUT2D eigenvalue weighted by Gasteiger charge is -2.04. The molecule has 0 fully saturated rings. The number of aromatic nitrogens is 3. The summed E-state index contributed by atoms with van der Waals surface area (Å²) in [6, 6.07) is 9.28. The van der Waals surface area contributed by atoms with Crippen LogP contribution in [-0.4, -0.2) is 20.7 Å². The van der Waals surface area contributed by atoms with Gasteiger partial charge in [0, 0.05) is 17.8 Å². The molecular formula is C14H11BrN4O. The molecule has 0 spiro atoms. The van der Waals surface area contributed by atoms with Crippen LogP contribution in [0.4, 0.5) is 0 Å². The number of amides is 1. The van der Waals surface area contributed by atoms with Crippen LogP contribution in [0.2, 0.25) is 0 Å². The molecule has 1 amide bonds. The quantitative estimate of drug-likeness (QED) is 0.800. The van der Waals surface area contributed by atoms with E-state index < -0.39 is 5.91 Å². The van der Waals surface area contributed by atoms with E-state index in [9.17, 15) is 4.79 Å². The summed E-state index contributed by atoms with van der Waals surface area (Å²) >= 11 is 3.40. The zero-order chi connectivity index (χ0) is 14.1. The summed E-state index contributed by atoms with van der Waals surface area (Å²) in [7, 11) is 0. The third-order valence-corrected chi connectivity index (χ3v) is 3.64. The zero-order valence-corrected chi connectivity index (χ0v) is 12.0. The first-order valence-corrected chi connectivity index (χ1v) is 6.80. The highest BCUT2D eigenvalue weighted by atomic mass is 79.9. The Labute approximate surface area is 123 Å². The number of hydrogen-bond donors (Lipinski definition) is 1. The summed E-state index contributed by atoms with van der Waals surface area (Å²) in [6.45, 7) is 0.604. The molecule has 0 atom stereocenters. The number of benzene rings is 1. The molecule has 2 aromatic heterocycles. The molecule has 2 heterocycles. The van der Waals surface area contributed by atoms with Crippen molar-refractivity contribution in [3.63, 3.8) is 0 Å². The van der Waals surface area contributed by atoms with Gasteiger partial charge >= 0.3 is 0 Å². The van der Waals surface area contributed by atoms with Crippen LogP contribution in [0.15, 0.2) is 47.3 Å². The van der Waals surface area contributed by atoms with Gasteiger partial charge in [-0.15, -0.1) is 0 Å². The lowest BCUT2D eigenvalue weighted by atomic mass is 10.1. The third-order valence-electron chi connectivity index (χ3n) is 3.08. The molecule has 0 aliphatic carbocycles. The van der Waals surface area contributed by atoms with E-state index in [0.29, 0.717) is 16.7 Å². The predicted molar refractivity (Wildman–Crippen MR) is 79.3 cm³/mol. The minimum absolute atomic E-state index is 0.459. The topological polar surface area (TPSA) is 73.8 Å². The molecule has 6 heteroatoms. The second-order valence-corrected chi connectivity index (χ2v) is 5.12. The Morgan fingerprint density at radius 2 is 2.00 bits per heavy atom. The maximum absolute atomic E-state index is 11.5. The second-order valence-electron chi connectivity index (χ2n) is 4.37. The van der Waals surface area contributed by atoms with Crippen LogP contribution in [0.1, 0.15) is 15.9 Å². The summed E-state index contributed by atoms with van der Waals surface area (Å²) < 4.78 is 2.46. The molecule has 0 unspecified atom stereocenters. The Balaban J connectivity index is 2.14. The largest absolute Gasteiger partial charge is 0.366 e. The smallest absolute Gasteiger partial charge is 0.249 e. The van der Waals surface area contributed by atoms with Gasteiger partial charge in [0.05, 0.1) is 17.6 Å². The average Bonchev–Trinajstić information content (AvgIpc) is 2.77. The molecule has 3 aromatic rings. The van der Waals surface area contributed by atoms with Crippen LogP contribution < -0.4 is 5.73 Å². The summed E-state index contributed by atoms with van der Waals surface area (Å²) in [5.41, 5.74) is 7.82. The van der Waals surface area contributed by atoms with E-state index in [0.717, 1.165) is 16.5 Å². The first-order valence-electron chi connectivity index (χ1n) is 6.00. The number of carbonyl (C=O) groups excluding carboxylic acids is 1. The first kappa shape index (κ1) is 12.8. The van der Waals surface area contributed by atoms with E-state index in [4.69, 9.17) is 5.73 Å². The average molecular weight is 331 g/mol. The van der Waals surface area contributed by atoms with E-state index in [1.807, 2.05) is 22.9 Å². The van der Waals surface area contributed by atoms with E-state index in [1.165, 1.54) is 0 Å². The Hall–Kier alpha value is -2.21. The van der Waals surface area contributed by atoms with Crippen molar-refractivity contribution >= 4 is 32.7 Å². The number of nitrogens with zero attached hydrogens (tertiary/aromatic N) is 3. The van der Waals surface area contributed by atoms with Crippen molar-refractivity contribution in [2.45, 2.75) is 6.54 Å². The van der Waals surface area contributed by atoms with Crippen LogP contribution >= 0.6 is 15.9 Å². The molecule has 1 aromatic carbocycles. The monoisotopic (exact) mass is 330 g/mol. The molecule has 0 radical (unpaired) electrons. The van der Waals surface area contributed by atoms with Gasteiger partial charge in [-0.3, -0.25) is 14.5 Å². The van der Waals surface area contributed by atoms with Crippen molar-refractivity contribution in [2.75, 3.05) is 0 Å². The van der Waals surface area contributed by atoms with Crippen LogP contribution in [0, 0.1) is 0 Å². The van der Waals surface area contributed by atoms with Gasteiger partial charge in [-0.2, -0.15) is 5.10 Å². The summed E-state index contributed by atoms with van der Waals surface area (Å²) in [6.07, 6.45) is 3.48. The van der Waals surface area contributed by atoms with Crippen molar-refractivity contribution in [2.24, 2.45) is 5.73 Å². The van der Waals surface area contributed by atoms with Gasteiger partial charge in [0.1, 0.15) is 4.60 Å². The van der Waals surface area contributed by atoms with Crippen molar-refractivity contribution in [1.29, 1.82) is 0 Å². The van der Waals surface area contributed by atoms with Gasteiger partial charge < -0.3 is 5.73 Å². The zero-order valence-electron chi connectivity index (χ0n) is 10.5. The van der Waals surface area contributed by atoms with Crippen molar-refractivity contribution in [3.05, 3.63) is 58.5 Å². The molecule has 2 N–H and O–H groups in total. The number of hydrogen-bond acceptors (Lipinski definition) is 3. The Morgan fingerprint density at radius 1 is 1.25 bits per heavy atom. The molecule has 100 valence electrons. The highest BCUT2D eigenvalue weighted by Gasteiger charge is 2.15. The molecule has 0 saturated heterocycles.